The summed E-state index contributed by atoms with van der Waals surface area (Å²) in [5.74, 6) is 2.96. The minimum Gasteiger partial charge on any atom is -0.340 e. The molecule has 3 nitrogen and oxygen atoms in total. The van der Waals surface area contributed by atoms with Crippen LogP contribution in [-0.4, -0.2) is 29.4 Å². The second kappa shape index (κ2) is 6.16. The quantitative estimate of drug-likeness (QED) is 0.698. The molecule has 2 aromatic rings. The molecule has 5 heteroatoms. The van der Waals surface area contributed by atoms with Gasteiger partial charge in [0.1, 0.15) is 9.88 Å². The highest BCUT2D eigenvalue weighted by atomic mass is 32.1. The van der Waals surface area contributed by atoms with Gasteiger partial charge in [0.05, 0.1) is 5.69 Å². The highest BCUT2D eigenvalue weighted by molar-refractivity contribution is 7.17. The molecule has 0 spiro atoms. The van der Waals surface area contributed by atoms with Crippen LogP contribution in [0.25, 0.3) is 10.6 Å². The number of amides is 1. The second-order valence-electron chi connectivity index (χ2n) is 9.02. The molecule has 0 aromatic carbocycles. The predicted octanol–water partition coefficient (Wildman–Crippen LogP) is 5.47. The van der Waals surface area contributed by atoms with E-state index in [1.54, 1.807) is 22.7 Å². The first-order chi connectivity index (χ1) is 12.5. The Morgan fingerprint density at radius 3 is 2.46 bits per heavy atom. The van der Waals surface area contributed by atoms with Crippen molar-refractivity contribution in [3.63, 3.8) is 0 Å². The van der Waals surface area contributed by atoms with Crippen LogP contribution in [0.15, 0.2) is 16.8 Å². The number of thiazole rings is 1. The summed E-state index contributed by atoms with van der Waals surface area (Å²) in [6, 6.07) is 2.08. The average Bonchev–Trinajstić information content (AvgIpc) is 3.21. The normalized spacial score (nSPS) is 32.2. The number of aromatic nitrogens is 1. The molecule has 2 heterocycles. The summed E-state index contributed by atoms with van der Waals surface area (Å²) in [4.78, 5) is 20.7. The number of hydrogen-bond donors (Lipinski definition) is 0. The van der Waals surface area contributed by atoms with Crippen molar-refractivity contribution >= 4 is 28.6 Å². The lowest BCUT2D eigenvalue weighted by Crippen LogP contribution is -2.51. The van der Waals surface area contributed by atoms with Crippen LogP contribution in [-0.2, 0) is 0 Å². The fraction of sp³-hybridized carbons (Fsp3) is 0.619. The van der Waals surface area contributed by atoms with E-state index in [1.165, 1.54) is 38.5 Å². The molecule has 0 radical (unpaired) electrons. The van der Waals surface area contributed by atoms with E-state index >= 15 is 0 Å². The van der Waals surface area contributed by atoms with E-state index in [9.17, 15) is 4.79 Å². The van der Waals surface area contributed by atoms with E-state index in [0.717, 1.165) is 45.4 Å². The number of carbonyl (C=O) groups is 1. The Morgan fingerprint density at radius 1 is 1.23 bits per heavy atom. The van der Waals surface area contributed by atoms with Crippen LogP contribution in [0.3, 0.4) is 0 Å². The van der Waals surface area contributed by atoms with E-state index in [0.29, 0.717) is 5.41 Å². The molecule has 4 aliphatic rings. The first-order valence-electron chi connectivity index (χ1n) is 9.77. The van der Waals surface area contributed by atoms with Crippen molar-refractivity contribution in [1.82, 2.24) is 9.88 Å². The van der Waals surface area contributed by atoms with E-state index < -0.39 is 0 Å². The van der Waals surface area contributed by atoms with E-state index in [1.807, 2.05) is 18.9 Å². The Labute approximate surface area is 163 Å². The maximum atomic E-state index is 13.2. The molecule has 4 fully saturated rings. The van der Waals surface area contributed by atoms with Crippen LogP contribution in [0.2, 0.25) is 0 Å². The van der Waals surface area contributed by atoms with Gasteiger partial charge >= 0.3 is 0 Å². The van der Waals surface area contributed by atoms with Crippen molar-refractivity contribution in [3.8, 4) is 10.6 Å². The van der Waals surface area contributed by atoms with Gasteiger partial charge < -0.3 is 4.90 Å². The van der Waals surface area contributed by atoms with Gasteiger partial charge in [-0.3, -0.25) is 4.79 Å². The summed E-state index contributed by atoms with van der Waals surface area (Å²) >= 11 is 3.22. The summed E-state index contributed by atoms with van der Waals surface area (Å²) in [5, 5.41) is 5.13. The molecule has 0 saturated heterocycles. The lowest BCUT2D eigenvalue weighted by molar-refractivity contribution is -0.0628. The Hall–Kier alpha value is -1.20. The number of hydrogen-bond acceptors (Lipinski definition) is 4. The van der Waals surface area contributed by atoms with Gasteiger partial charge in [0, 0.05) is 24.5 Å². The third-order valence-corrected chi connectivity index (χ3v) is 8.72. The Morgan fingerprint density at radius 2 is 1.88 bits per heavy atom. The van der Waals surface area contributed by atoms with E-state index in [4.69, 9.17) is 0 Å². The van der Waals surface area contributed by atoms with Crippen molar-refractivity contribution in [1.29, 1.82) is 0 Å². The van der Waals surface area contributed by atoms with Crippen LogP contribution >= 0.6 is 22.7 Å². The molecule has 1 amide bonds. The zero-order valence-electron chi connectivity index (χ0n) is 15.5. The number of nitrogens with zero attached hydrogens (tertiary/aromatic N) is 2. The van der Waals surface area contributed by atoms with Gasteiger partial charge in [-0.15, -0.1) is 11.3 Å². The number of rotatable bonds is 4. The molecule has 4 aliphatic carbocycles. The fourth-order valence-corrected chi connectivity index (χ4v) is 8.11. The SMILES string of the molecule is Cc1nc(-c2ccsc2)sc1C(=O)N(C)CC12CC3CC(CC(C3)C1)C2. The molecule has 26 heavy (non-hydrogen) atoms. The monoisotopic (exact) mass is 386 g/mol. The van der Waals surface area contributed by atoms with Crippen molar-refractivity contribution in [3.05, 3.63) is 27.4 Å². The van der Waals surface area contributed by atoms with Crippen molar-refractivity contribution < 1.29 is 4.79 Å². The lowest BCUT2D eigenvalue weighted by Gasteiger charge is -2.57. The molecule has 4 bridgehead atoms. The molecular weight excluding hydrogens is 360 g/mol. The molecule has 0 unspecified atom stereocenters. The fourth-order valence-electron chi connectivity index (χ4n) is 6.34. The van der Waals surface area contributed by atoms with E-state index in [2.05, 4.69) is 21.8 Å². The molecular formula is C21H26N2OS2. The number of aryl methyl sites for hydroxylation is 1. The van der Waals surface area contributed by atoms with Crippen molar-refractivity contribution in [2.24, 2.45) is 23.2 Å². The summed E-state index contributed by atoms with van der Waals surface area (Å²) in [6.45, 7) is 2.90. The van der Waals surface area contributed by atoms with Crippen molar-refractivity contribution in [2.45, 2.75) is 45.4 Å². The van der Waals surface area contributed by atoms with Gasteiger partial charge in [-0.25, -0.2) is 4.98 Å². The third-order valence-electron chi connectivity index (χ3n) is 6.84. The molecule has 0 N–H and O–H groups in total. The van der Waals surface area contributed by atoms with Gasteiger partial charge in [0.15, 0.2) is 0 Å². The highest BCUT2D eigenvalue weighted by Crippen LogP contribution is 2.60. The second-order valence-corrected chi connectivity index (χ2v) is 10.8. The average molecular weight is 387 g/mol. The van der Waals surface area contributed by atoms with Crippen molar-refractivity contribution in [2.75, 3.05) is 13.6 Å². The van der Waals surface area contributed by atoms with Crippen LogP contribution < -0.4 is 0 Å². The smallest absolute Gasteiger partial charge is 0.265 e. The first kappa shape index (κ1) is 16.9. The maximum Gasteiger partial charge on any atom is 0.265 e. The zero-order chi connectivity index (χ0) is 17.9. The van der Waals surface area contributed by atoms with Crippen LogP contribution in [0.1, 0.15) is 53.9 Å². The Balaban J connectivity index is 1.35. The lowest BCUT2D eigenvalue weighted by atomic mass is 9.49. The molecule has 138 valence electrons. The highest BCUT2D eigenvalue weighted by Gasteiger charge is 2.51. The maximum absolute atomic E-state index is 13.2. The van der Waals surface area contributed by atoms with Gasteiger partial charge in [-0.05, 0) is 80.1 Å². The van der Waals surface area contributed by atoms with E-state index in [-0.39, 0.29) is 5.91 Å². The van der Waals surface area contributed by atoms with Crippen LogP contribution in [0.5, 0.6) is 0 Å². The summed E-state index contributed by atoms with van der Waals surface area (Å²) < 4.78 is 0. The standard InChI is InChI=1S/C21H26N2OS2/c1-13-18(26-19(22-13)17-3-4-25-11-17)20(24)23(2)12-21-8-14-5-15(9-21)7-16(6-14)10-21/h3-4,11,14-16H,5-10,12H2,1-2H3. The molecule has 6 rings (SSSR count). The molecule has 4 saturated carbocycles. The van der Waals surface area contributed by atoms with Gasteiger partial charge in [0.2, 0.25) is 0 Å². The number of carbonyl (C=O) groups excluding carboxylic acids is 1. The molecule has 2 aromatic heterocycles. The Bertz CT molecular complexity index is 788. The molecule has 0 atom stereocenters. The van der Waals surface area contributed by atoms with Crippen LogP contribution in [0, 0.1) is 30.1 Å². The Kier molecular flexibility index (Phi) is 4.02. The van der Waals surface area contributed by atoms with Crippen LogP contribution in [0.4, 0.5) is 0 Å². The largest absolute Gasteiger partial charge is 0.340 e. The minimum absolute atomic E-state index is 0.164. The predicted molar refractivity (Wildman–Crippen MR) is 108 cm³/mol. The van der Waals surface area contributed by atoms with Gasteiger partial charge in [-0.1, -0.05) is 0 Å². The third kappa shape index (κ3) is 2.84. The zero-order valence-corrected chi connectivity index (χ0v) is 17.2. The number of thiophene rings is 1. The summed E-state index contributed by atoms with van der Waals surface area (Å²) in [6.07, 6.45) is 8.40. The molecule has 0 aliphatic heterocycles. The van der Waals surface area contributed by atoms with Gasteiger partial charge in [-0.2, -0.15) is 11.3 Å². The minimum atomic E-state index is 0.164. The summed E-state index contributed by atoms with van der Waals surface area (Å²) in [5.41, 5.74) is 2.40. The topological polar surface area (TPSA) is 33.2 Å². The summed E-state index contributed by atoms with van der Waals surface area (Å²) in [7, 11) is 2.00. The van der Waals surface area contributed by atoms with Gasteiger partial charge in [0.25, 0.3) is 5.91 Å². The first-order valence-corrected chi connectivity index (χ1v) is 11.5.